The fraction of sp³-hybridized carbons (Fsp3) is 0.667. The fourth-order valence-electron chi connectivity index (χ4n) is 0.576. The molecule has 0 fully saturated rings. The maximum atomic E-state index is 9.85. The summed E-state index contributed by atoms with van der Waals surface area (Å²) < 4.78 is 0. The monoisotopic (exact) mass is 138 g/mol. The van der Waals surface area contributed by atoms with Crippen LogP contribution in [0.25, 0.3) is 0 Å². The van der Waals surface area contributed by atoms with Gasteiger partial charge in [-0.15, -0.1) is 11.8 Å². The summed E-state index contributed by atoms with van der Waals surface area (Å²) in [5.74, 6) is 6.04. The quantitative estimate of drug-likeness (QED) is 0.330. The molecule has 0 aliphatic heterocycles. The Morgan fingerprint density at radius 1 is 1.30 bits per heavy atom. The summed E-state index contributed by atoms with van der Waals surface area (Å²) in [6, 6.07) is 0. The Morgan fingerprint density at radius 3 is 2.60 bits per heavy atom. The predicted octanol–water partition coefficient (Wildman–Crippen LogP) is 2.16. The molecule has 0 N–H and O–H groups in total. The summed E-state index contributed by atoms with van der Waals surface area (Å²) in [6.45, 7) is 2.11. The molecule has 1 nitrogen and oxygen atoms in total. The van der Waals surface area contributed by atoms with Gasteiger partial charge in [0.1, 0.15) is 6.29 Å². The van der Waals surface area contributed by atoms with Crippen molar-refractivity contribution in [3.8, 4) is 11.8 Å². The van der Waals surface area contributed by atoms with Crippen molar-refractivity contribution in [1.29, 1.82) is 0 Å². The zero-order valence-corrected chi connectivity index (χ0v) is 6.52. The van der Waals surface area contributed by atoms with Gasteiger partial charge < -0.3 is 4.79 Å². The van der Waals surface area contributed by atoms with E-state index in [0.29, 0.717) is 6.42 Å². The molecule has 0 radical (unpaired) electrons. The summed E-state index contributed by atoms with van der Waals surface area (Å²) in [6.07, 6.45) is 5.50. The van der Waals surface area contributed by atoms with Crippen LogP contribution in [-0.2, 0) is 4.79 Å². The van der Waals surface area contributed by atoms with Crippen LogP contribution in [0.4, 0.5) is 0 Å². The number of carbonyl (C=O) groups is 1. The molecular formula is C9H14O. The molecule has 0 aliphatic rings. The van der Waals surface area contributed by atoms with Crippen LogP contribution in [0.5, 0.6) is 0 Å². The van der Waals surface area contributed by atoms with Crippen molar-refractivity contribution in [2.45, 2.75) is 39.0 Å². The first kappa shape index (κ1) is 9.23. The molecule has 0 aliphatic carbocycles. The first-order chi connectivity index (χ1) is 4.91. The second kappa shape index (κ2) is 8.23. The highest BCUT2D eigenvalue weighted by Gasteiger charge is 1.79. The van der Waals surface area contributed by atoms with Gasteiger partial charge in [0.2, 0.25) is 0 Å². The number of aldehydes is 1. The highest BCUT2D eigenvalue weighted by atomic mass is 16.1. The van der Waals surface area contributed by atoms with Crippen molar-refractivity contribution in [1.82, 2.24) is 0 Å². The van der Waals surface area contributed by atoms with E-state index in [4.69, 9.17) is 0 Å². The van der Waals surface area contributed by atoms with Crippen LogP contribution in [0.15, 0.2) is 0 Å². The molecule has 1 heteroatoms. The van der Waals surface area contributed by atoms with Crippen LogP contribution in [0.3, 0.4) is 0 Å². The Hall–Kier alpha value is -0.770. The Labute approximate surface area is 62.8 Å². The van der Waals surface area contributed by atoms with Gasteiger partial charge in [-0.25, -0.2) is 0 Å². The topological polar surface area (TPSA) is 17.1 Å². The second-order valence-electron chi connectivity index (χ2n) is 2.16. The standard InChI is InChI=1S/C9H14O/c1-2-3-4-5-6-7-8-9-10/h9H,2-3,6-8H2,1H3. The van der Waals surface area contributed by atoms with Crippen molar-refractivity contribution in [2.75, 3.05) is 0 Å². The SMILES string of the molecule is CCCC#CCCCC=O. The lowest BCUT2D eigenvalue weighted by Crippen LogP contribution is -1.73. The lowest BCUT2D eigenvalue weighted by Gasteiger charge is -1.82. The molecule has 56 valence electrons. The molecule has 0 rings (SSSR count). The van der Waals surface area contributed by atoms with Crippen LogP contribution < -0.4 is 0 Å². The Kier molecular flexibility index (Phi) is 7.60. The number of rotatable bonds is 4. The third kappa shape index (κ3) is 7.23. The van der Waals surface area contributed by atoms with E-state index in [1.807, 2.05) is 0 Å². The van der Waals surface area contributed by atoms with Gasteiger partial charge in [0.25, 0.3) is 0 Å². The van der Waals surface area contributed by atoms with Crippen molar-refractivity contribution in [2.24, 2.45) is 0 Å². The van der Waals surface area contributed by atoms with Gasteiger partial charge in [0.15, 0.2) is 0 Å². The highest BCUT2D eigenvalue weighted by Crippen LogP contribution is 1.90. The molecule has 0 aromatic rings. The molecule has 0 heterocycles. The van der Waals surface area contributed by atoms with Crippen molar-refractivity contribution in [3.05, 3.63) is 0 Å². The fourth-order valence-corrected chi connectivity index (χ4v) is 0.576. The smallest absolute Gasteiger partial charge is 0.120 e. The van der Waals surface area contributed by atoms with Crippen molar-refractivity contribution in [3.63, 3.8) is 0 Å². The summed E-state index contributed by atoms with van der Waals surface area (Å²) in [5, 5.41) is 0. The van der Waals surface area contributed by atoms with E-state index in [1.165, 1.54) is 0 Å². The van der Waals surface area contributed by atoms with E-state index in [9.17, 15) is 4.79 Å². The highest BCUT2D eigenvalue weighted by molar-refractivity contribution is 5.49. The summed E-state index contributed by atoms with van der Waals surface area (Å²) in [4.78, 5) is 9.85. The average molecular weight is 138 g/mol. The van der Waals surface area contributed by atoms with E-state index in [2.05, 4.69) is 18.8 Å². The van der Waals surface area contributed by atoms with Gasteiger partial charge >= 0.3 is 0 Å². The molecule has 0 spiro atoms. The Balaban J connectivity index is 3.03. The van der Waals surface area contributed by atoms with Gasteiger partial charge in [0, 0.05) is 19.3 Å². The first-order valence-corrected chi connectivity index (χ1v) is 3.81. The first-order valence-electron chi connectivity index (χ1n) is 3.81. The molecule has 0 aromatic heterocycles. The number of hydrogen-bond acceptors (Lipinski definition) is 1. The molecule has 0 amide bonds. The Morgan fingerprint density at radius 2 is 2.00 bits per heavy atom. The molecule has 0 saturated heterocycles. The van der Waals surface area contributed by atoms with Crippen molar-refractivity contribution < 1.29 is 4.79 Å². The summed E-state index contributed by atoms with van der Waals surface area (Å²) in [5.41, 5.74) is 0. The van der Waals surface area contributed by atoms with Crippen LogP contribution in [-0.4, -0.2) is 6.29 Å². The van der Waals surface area contributed by atoms with Gasteiger partial charge in [-0.2, -0.15) is 0 Å². The lowest BCUT2D eigenvalue weighted by atomic mass is 10.2. The summed E-state index contributed by atoms with van der Waals surface area (Å²) in [7, 11) is 0. The molecular weight excluding hydrogens is 124 g/mol. The van der Waals surface area contributed by atoms with Crippen LogP contribution in [0.2, 0.25) is 0 Å². The molecule has 0 unspecified atom stereocenters. The number of carbonyl (C=O) groups excluding carboxylic acids is 1. The maximum absolute atomic E-state index is 9.85. The van der Waals surface area contributed by atoms with E-state index >= 15 is 0 Å². The third-order valence-corrected chi connectivity index (χ3v) is 1.12. The van der Waals surface area contributed by atoms with Gasteiger partial charge in [-0.1, -0.05) is 6.92 Å². The van der Waals surface area contributed by atoms with E-state index in [0.717, 1.165) is 32.0 Å². The predicted molar refractivity (Wildman–Crippen MR) is 42.6 cm³/mol. The minimum atomic E-state index is 0.654. The van der Waals surface area contributed by atoms with E-state index in [-0.39, 0.29) is 0 Å². The van der Waals surface area contributed by atoms with Gasteiger partial charge in [-0.3, -0.25) is 0 Å². The third-order valence-electron chi connectivity index (χ3n) is 1.12. The van der Waals surface area contributed by atoms with E-state index < -0.39 is 0 Å². The average Bonchev–Trinajstić information content (AvgIpc) is 1.97. The summed E-state index contributed by atoms with van der Waals surface area (Å²) >= 11 is 0. The molecule has 0 aromatic carbocycles. The minimum absolute atomic E-state index is 0.654. The molecule has 0 saturated carbocycles. The maximum Gasteiger partial charge on any atom is 0.120 e. The zero-order chi connectivity index (χ0) is 7.66. The number of hydrogen-bond donors (Lipinski definition) is 0. The zero-order valence-electron chi connectivity index (χ0n) is 6.52. The van der Waals surface area contributed by atoms with Crippen LogP contribution in [0, 0.1) is 11.8 Å². The van der Waals surface area contributed by atoms with Crippen LogP contribution >= 0.6 is 0 Å². The number of unbranched alkanes of at least 4 members (excludes halogenated alkanes) is 3. The molecule has 0 atom stereocenters. The van der Waals surface area contributed by atoms with E-state index in [1.54, 1.807) is 0 Å². The Bertz CT molecular complexity index is 127. The second-order valence-corrected chi connectivity index (χ2v) is 2.16. The van der Waals surface area contributed by atoms with Crippen LogP contribution in [0.1, 0.15) is 39.0 Å². The van der Waals surface area contributed by atoms with Gasteiger partial charge in [0.05, 0.1) is 0 Å². The van der Waals surface area contributed by atoms with Crippen molar-refractivity contribution >= 4 is 6.29 Å². The largest absolute Gasteiger partial charge is 0.303 e. The lowest BCUT2D eigenvalue weighted by molar-refractivity contribution is -0.107. The minimum Gasteiger partial charge on any atom is -0.303 e. The molecule has 0 bridgehead atoms. The normalized spacial score (nSPS) is 8.10. The van der Waals surface area contributed by atoms with Gasteiger partial charge in [-0.05, 0) is 12.8 Å². The molecule has 10 heavy (non-hydrogen) atoms.